The number of aromatic amines is 1. The highest BCUT2D eigenvalue weighted by molar-refractivity contribution is 5.67. The maximum atomic E-state index is 11.5. The number of rotatable bonds is 3. The van der Waals surface area contributed by atoms with Crippen LogP contribution in [0.15, 0.2) is 0 Å². The molecule has 0 spiro atoms. The first kappa shape index (κ1) is 14.7. The molecule has 24 heavy (non-hydrogen) atoms. The molecule has 6 heteroatoms. The van der Waals surface area contributed by atoms with Crippen LogP contribution >= 0.6 is 0 Å². The van der Waals surface area contributed by atoms with Crippen LogP contribution in [0.25, 0.3) is 0 Å². The van der Waals surface area contributed by atoms with Crippen molar-refractivity contribution >= 4 is 6.09 Å². The van der Waals surface area contributed by atoms with E-state index in [1.807, 2.05) is 0 Å². The van der Waals surface area contributed by atoms with E-state index in [0.717, 1.165) is 30.9 Å². The maximum Gasteiger partial charge on any atom is 0.407 e. The van der Waals surface area contributed by atoms with Crippen LogP contribution in [-0.4, -0.2) is 43.9 Å². The molecule has 1 saturated heterocycles. The summed E-state index contributed by atoms with van der Waals surface area (Å²) in [4.78, 5) is 17.9. The lowest BCUT2D eigenvalue weighted by Crippen LogP contribution is -2.77. The molecule has 0 aromatic carbocycles. The molecule has 2 unspecified atom stereocenters. The molecule has 2 heterocycles. The topological polar surface area (TPSA) is 82.1 Å². The second-order valence-electron chi connectivity index (χ2n) is 9.84. The number of hydrogen-bond donors (Lipinski definition) is 2. The third-order valence-corrected chi connectivity index (χ3v) is 7.04. The average Bonchev–Trinajstić information content (AvgIpc) is 3.06. The van der Waals surface area contributed by atoms with Gasteiger partial charge in [-0.1, -0.05) is 20.8 Å². The van der Waals surface area contributed by atoms with Crippen LogP contribution in [-0.2, 0) is 5.41 Å². The largest absolute Gasteiger partial charge is 0.465 e. The number of nitrogens with zero attached hydrogens (tertiary/aromatic N) is 3. The van der Waals surface area contributed by atoms with E-state index >= 15 is 0 Å². The molecule has 6 rings (SSSR count). The van der Waals surface area contributed by atoms with Gasteiger partial charge < -0.3 is 10.0 Å². The molecule has 2 atom stereocenters. The zero-order chi connectivity index (χ0) is 16.9. The van der Waals surface area contributed by atoms with Gasteiger partial charge in [-0.25, -0.2) is 9.78 Å². The van der Waals surface area contributed by atoms with Crippen molar-refractivity contribution in [2.24, 2.45) is 16.7 Å². The second-order valence-corrected chi connectivity index (χ2v) is 9.84. The van der Waals surface area contributed by atoms with Crippen LogP contribution < -0.4 is 0 Å². The van der Waals surface area contributed by atoms with Crippen LogP contribution in [0.2, 0.25) is 0 Å². The molecule has 1 aromatic rings. The van der Waals surface area contributed by atoms with Gasteiger partial charge in [0.05, 0.1) is 0 Å². The van der Waals surface area contributed by atoms with Crippen molar-refractivity contribution in [2.75, 3.05) is 6.54 Å². The first-order chi connectivity index (χ1) is 11.2. The molecular weight excluding hydrogens is 304 g/mol. The van der Waals surface area contributed by atoms with Gasteiger partial charge in [0.1, 0.15) is 5.82 Å². The SMILES string of the molecule is CC(C)(C)C1C(C23CC(c4n[nH]c(C5CC5)n4)(C2)C3)CN1C(=O)O. The summed E-state index contributed by atoms with van der Waals surface area (Å²) >= 11 is 0. The monoisotopic (exact) mass is 330 g/mol. The minimum absolute atomic E-state index is 0.00633. The summed E-state index contributed by atoms with van der Waals surface area (Å²) in [5, 5.41) is 17.1. The number of amides is 1. The van der Waals surface area contributed by atoms with Crippen molar-refractivity contribution < 1.29 is 9.90 Å². The molecule has 5 aliphatic rings. The molecule has 4 aliphatic carbocycles. The Kier molecular flexibility index (Phi) is 2.54. The second kappa shape index (κ2) is 4.14. The van der Waals surface area contributed by atoms with Gasteiger partial charge in [-0.2, -0.15) is 5.10 Å². The van der Waals surface area contributed by atoms with Gasteiger partial charge in [0.2, 0.25) is 0 Å². The number of aromatic nitrogens is 3. The lowest BCUT2D eigenvalue weighted by Gasteiger charge is -2.76. The van der Waals surface area contributed by atoms with Crippen molar-refractivity contribution in [3.05, 3.63) is 11.6 Å². The smallest absolute Gasteiger partial charge is 0.407 e. The number of carboxylic acid groups (broad SMARTS) is 1. The Bertz CT molecular complexity index is 695. The zero-order valence-corrected chi connectivity index (χ0v) is 14.7. The standard InChI is InChI=1S/C18H26N4O2/c1-16(2,3)12-11(6-22(12)15(23)24)17-7-18(8-17,9-17)14-19-13(20-21-14)10-4-5-10/h10-12H,4-9H2,1-3H3,(H,23,24)(H,19,20,21). The molecule has 0 radical (unpaired) electrons. The highest BCUT2D eigenvalue weighted by atomic mass is 16.4. The van der Waals surface area contributed by atoms with Crippen molar-refractivity contribution in [3.8, 4) is 0 Å². The predicted octanol–water partition coefficient (Wildman–Crippen LogP) is 3.13. The number of nitrogens with one attached hydrogen (secondary N) is 1. The van der Waals surface area contributed by atoms with Gasteiger partial charge in [-0.3, -0.25) is 5.10 Å². The molecule has 4 saturated carbocycles. The van der Waals surface area contributed by atoms with Crippen LogP contribution in [0.4, 0.5) is 4.79 Å². The molecule has 1 amide bonds. The maximum absolute atomic E-state index is 11.5. The fraction of sp³-hybridized carbons (Fsp3) is 0.833. The Morgan fingerprint density at radius 2 is 1.96 bits per heavy atom. The fourth-order valence-electron chi connectivity index (χ4n) is 5.85. The molecule has 2 bridgehead atoms. The third-order valence-electron chi connectivity index (χ3n) is 7.04. The number of likely N-dealkylation sites (tertiary alicyclic amines) is 1. The molecule has 5 fully saturated rings. The predicted molar refractivity (Wildman–Crippen MR) is 87.8 cm³/mol. The summed E-state index contributed by atoms with van der Waals surface area (Å²) in [6.45, 7) is 7.20. The summed E-state index contributed by atoms with van der Waals surface area (Å²) in [5.41, 5.74) is 0.521. The Labute approximate surface area is 142 Å². The van der Waals surface area contributed by atoms with Gasteiger partial charge in [-0.05, 0) is 42.9 Å². The summed E-state index contributed by atoms with van der Waals surface area (Å²) in [6.07, 6.45) is 5.15. The van der Waals surface area contributed by atoms with Crippen molar-refractivity contribution in [2.45, 2.75) is 70.3 Å². The van der Waals surface area contributed by atoms with E-state index < -0.39 is 6.09 Å². The molecular formula is C18H26N4O2. The minimum Gasteiger partial charge on any atom is -0.465 e. The van der Waals surface area contributed by atoms with Gasteiger partial charge in [-0.15, -0.1) is 0 Å². The van der Waals surface area contributed by atoms with E-state index in [4.69, 9.17) is 4.98 Å². The van der Waals surface area contributed by atoms with E-state index in [2.05, 4.69) is 31.0 Å². The quantitative estimate of drug-likeness (QED) is 0.892. The van der Waals surface area contributed by atoms with E-state index in [-0.39, 0.29) is 16.9 Å². The van der Waals surface area contributed by atoms with Crippen molar-refractivity contribution in [1.82, 2.24) is 20.1 Å². The van der Waals surface area contributed by atoms with E-state index in [9.17, 15) is 9.90 Å². The Balaban J connectivity index is 1.31. The summed E-state index contributed by atoms with van der Waals surface area (Å²) < 4.78 is 0. The van der Waals surface area contributed by atoms with Crippen molar-refractivity contribution in [3.63, 3.8) is 0 Å². The van der Waals surface area contributed by atoms with Crippen LogP contribution in [0.3, 0.4) is 0 Å². The molecule has 130 valence electrons. The lowest BCUT2D eigenvalue weighted by molar-refractivity contribution is -0.241. The van der Waals surface area contributed by atoms with Crippen LogP contribution in [0.1, 0.15) is 70.4 Å². The van der Waals surface area contributed by atoms with E-state index in [0.29, 0.717) is 23.8 Å². The summed E-state index contributed by atoms with van der Waals surface area (Å²) in [5.74, 6) is 3.22. The fourth-order valence-corrected chi connectivity index (χ4v) is 5.85. The normalized spacial score (nSPS) is 40.5. The average molecular weight is 330 g/mol. The van der Waals surface area contributed by atoms with E-state index in [1.54, 1.807) is 4.90 Å². The lowest BCUT2D eigenvalue weighted by atomic mass is 9.30. The number of hydrogen-bond acceptors (Lipinski definition) is 3. The van der Waals surface area contributed by atoms with E-state index in [1.165, 1.54) is 12.8 Å². The molecule has 6 nitrogen and oxygen atoms in total. The third kappa shape index (κ3) is 1.74. The molecule has 2 N–H and O–H groups in total. The van der Waals surface area contributed by atoms with Gasteiger partial charge >= 0.3 is 6.09 Å². The minimum atomic E-state index is -0.768. The van der Waals surface area contributed by atoms with Crippen molar-refractivity contribution in [1.29, 1.82) is 0 Å². The Morgan fingerprint density at radius 1 is 1.29 bits per heavy atom. The molecule has 1 aromatic heterocycles. The Hall–Kier alpha value is -1.59. The molecule has 1 aliphatic heterocycles. The van der Waals surface area contributed by atoms with Crippen LogP contribution in [0, 0.1) is 16.7 Å². The number of carbonyl (C=O) groups is 1. The van der Waals surface area contributed by atoms with Gasteiger partial charge in [0.25, 0.3) is 0 Å². The zero-order valence-electron chi connectivity index (χ0n) is 14.7. The number of H-pyrrole nitrogens is 1. The first-order valence-electron chi connectivity index (χ1n) is 9.17. The first-order valence-corrected chi connectivity index (χ1v) is 9.17. The Morgan fingerprint density at radius 3 is 2.50 bits per heavy atom. The highest BCUT2D eigenvalue weighted by Gasteiger charge is 2.76. The van der Waals surface area contributed by atoms with Gasteiger partial charge in [0.15, 0.2) is 5.82 Å². The highest BCUT2D eigenvalue weighted by Crippen LogP contribution is 2.78. The summed E-state index contributed by atoms with van der Waals surface area (Å²) in [7, 11) is 0. The summed E-state index contributed by atoms with van der Waals surface area (Å²) in [6, 6.07) is 0.141. The van der Waals surface area contributed by atoms with Gasteiger partial charge in [0, 0.05) is 29.8 Å². The van der Waals surface area contributed by atoms with Crippen LogP contribution in [0.5, 0.6) is 0 Å².